The summed E-state index contributed by atoms with van der Waals surface area (Å²) in [6.45, 7) is 9.55. The topological polar surface area (TPSA) is 237 Å². The lowest BCUT2D eigenvalue weighted by Crippen LogP contribution is -2.30. The van der Waals surface area contributed by atoms with E-state index in [2.05, 4.69) is 41.5 Å². The number of ether oxygens (including phenoxy) is 4. The Hall–Kier alpha value is -1.94. The fourth-order valence-corrected chi connectivity index (χ4v) is 13.9. The molecule has 0 fully saturated rings. The molecule has 588 valence electrons. The molecule has 17 nitrogen and oxygen atoms in total. The van der Waals surface area contributed by atoms with Crippen molar-refractivity contribution in [1.29, 1.82) is 0 Å². The molecular formula is C80H156O17P2. The van der Waals surface area contributed by atoms with Crippen LogP contribution in [0.15, 0.2) is 0 Å². The maximum Gasteiger partial charge on any atom is 0.472 e. The summed E-state index contributed by atoms with van der Waals surface area (Å²) in [5.41, 5.74) is 0. The van der Waals surface area contributed by atoms with Gasteiger partial charge in [-0.15, -0.1) is 0 Å². The van der Waals surface area contributed by atoms with E-state index >= 15 is 0 Å². The Morgan fingerprint density at radius 3 is 0.687 bits per heavy atom. The van der Waals surface area contributed by atoms with E-state index in [1.165, 1.54) is 238 Å². The molecular weight excluding hydrogens is 1290 g/mol. The largest absolute Gasteiger partial charge is 0.472 e. The monoisotopic (exact) mass is 1450 g/mol. The van der Waals surface area contributed by atoms with Gasteiger partial charge in [-0.2, -0.15) is 0 Å². The van der Waals surface area contributed by atoms with E-state index in [4.69, 9.17) is 37.0 Å². The number of esters is 4. The minimum atomic E-state index is -4.96. The Bertz CT molecular complexity index is 1910. The molecule has 2 unspecified atom stereocenters. The first-order valence-corrected chi connectivity index (χ1v) is 44.5. The number of rotatable bonds is 79. The predicted molar refractivity (Wildman–Crippen MR) is 405 cm³/mol. The van der Waals surface area contributed by atoms with Gasteiger partial charge in [-0.1, -0.05) is 369 Å². The van der Waals surface area contributed by atoms with Crippen LogP contribution in [-0.4, -0.2) is 96.7 Å². The zero-order valence-electron chi connectivity index (χ0n) is 64.8. The first kappa shape index (κ1) is 97.1. The molecule has 0 aromatic carbocycles. The number of carbonyl (C=O) groups is 4. The normalized spacial score (nSPS) is 13.9. The molecule has 0 amide bonds. The van der Waals surface area contributed by atoms with Crippen molar-refractivity contribution in [2.45, 2.75) is 439 Å². The van der Waals surface area contributed by atoms with Crippen LogP contribution in [-0.2, 0) is 65.4 Å². The molecule has 5 atom stereocenters. The van der Waals surface area contributed by atoms with Gasteiger partial charge in [-0.25, -0.2) is 9.13 Å². The summed E-state index contributed by atoms with van der Waals surface area (Å²) in [5.74, 6) is -0.668. The molecule has 0 aromatic rings. The van der Waals surface area contributed by atoms with Crippen molar-refractivity contribution >= 4 is 39.5 Å². The SMILES string of the molecule is CCCCCCCCCCCCCCCCCCCCCC(=O)O[C@H](COC(=O)CCCCCCCCCCCCCCCCCCCC)COP(=O)(O)OC[C@@H](O)COP(=O)(O)OC[C@@H](COC(=O)CCCCCCCCCCC(C)C)OC(=O)CCCCCCCCCCC(C)C. The van der Waals surface area contributed by atoms with Gasteiger partial charge < -0.3 is 33.8 Å². The minimum absolute atomic E-state index is 0.104. The maximum atomic E-state index is 13.1. The fourth-order valence-electron chi connectivity index (χ4n) is 12.4. The quantitative estimate of drug-likeness (QED) is 0.0222. The predicted octanol–water partition coefficient (Wildman–Crippen LogP) is 23.9. The highest BCUT2D eigenvalue weighted by Crippen LogP contribution is 2.45. The third-order valence-electron chi connectivity index (χ3n) is 18.7. The van der Waals surface area contributed by atoms with E-state index in [-0.39, 0.29) is 25.7 Å². The van der Waals surface area contributed by atoms with Gasteiger partial charge >= 0.3 is 39.5 Å². The van der Waals surface area contributed by atoms with E-state index in [0.717, 1.165) is 102 Å². The summed E-state index contributed by atoms with van der Waals surface area (Å²) >= 11 is 0. The number of hydrogen-bond acceptors (Lipinski definition) is 15. The van der Waals surface area contributed by atoms with Gasteiger partial charge in [0.05, 0.1) is 26.4 Å². The van der Waals surface area contributed by atoms with Gasteiger partial charge in [0.1, 0.15) is 19.3 Å². The molecule has 0 rings (SSSR count). The van der Waals surface area contributed by atoms with E-state index in [0.29, 0.717) is 25.7 Å². The minimum Gasteiger partial charge on any atom is -0.462 e. The van der Waals surface area contributed by atoms with E-state index in [1.54, 1.807) is 0 Å². The Balaban J connectivity index is 5.22. The second kappa shape index (κ2) is 71.7. The second-order valence-electron chi connectivity index (χ2n) is 29.8. The molecule has 0 aromatic heterocycles. The van der Waals surface area contributed by atoms with Crippen molar-refractivity contribution < 1.29 is 80.2 Å². The van der Waals surface area contributed by atoms with Crippen molar-refractivity contribution in [1.82, 2.24) is 0 Å². The smallest absolute Gasteiger partial charge is 0.462 e. The Kier molecular flexibility index (Phi) is 70.3. The number of aliphatic hydroxyl groups excluding tert-OH is 1. The molecule has 0 saturated heterocycles. The molecule has 0 aliphatic rings. The van der Waals surface area contributed by atoms with Gasteiger partial charge in [0.15, 0.2) is 12.2 Å². The zero-order valence-corrected chi connectivity index (χ0v) is 66.6. The number of phosphoric acid groups is 2. The average Bonchev–Trinajstić information content (AvgIpc) is 1.08. The van der Waals surface area contributed by atoms with E-state index in [9.17, 15) is 43.2 Å². The third kappa shape index (κ3) is 74.1. The first-order valence-electron chi connectivity index (χ1n) is 41.5. The van der Waals surface area contributed by atoms with Gasteiger partial charge in [0.2, 0.25) is 0 Å². The van der Waals surface area contributed by atoms with Gasteiger partial charge in [-0.3, -0.25) is 37.3 Å². The third-order valence-corrected chi connectivity index (χ3v) is 20.6. The number of carbonyl (C=O) groups excluding carboxylic acids is 4. The summed E-state index contributed by atoms with van der Waals surface area (Å²) in [6, 6.07) is 0. The Morgan fingerprint density at radius 1 is 0.273 bits per heavy atom. The molecule has 19 heteroatoms. The molecule has 0 aliphatic carbocycles. The average molecular weight is 1450 g/mol. The summed E-state index contributed by atoms with van der Waals surface area (Å²) in [7, 11) is -9.92. The van der Waals surface area contributed by atoms with Crippen LogP contribution in [0.5, 0.6) is 0 Å². The molecule has 0 heterocycles. The number of unbranched alkanes of at least 4 members (excludes halogenated alkanes) is 49. The van der Waals surface area contributed by atoms with Crippen LogP contribution in [0.3, 0.4) is 0 Å². The summed E-state index contributed by atoms with van der Waals surface area (Å²) in [4.78, 5) is 72.9. The first-order chi connectivity index (χ1) is 47.9. The van der Waals surface area contributed by atoms with Crippen LogP contribution in [0.2, 0.25) is 0 Å². The molecule has 0 bridgehead atoms. The highest BCUT2D eigenvalue weighted by atomic mass is 31.2. The van der Waals surface area contributed by atoms with Crippen molar-refractivity contribution in [3.05, 3.63) is 0 Å². The lowest BCUT2D eigenvalue weighted by molar-refractivity contribution is -0.161. The van der Waals surface area contributed by atoms with Gasteiger partial charge in [0, 0.05) is 25.7 Å². The summed E-state index contributed by atoms with van der Waals surface area (Å²) in [6.07, 6.45) is 61.3. The summed E-state index contributed by atoms with van der Waals surface area (Å²) < 4.78 is 68.6. The van der Waals surface area contributed by atoms with Crippen molar-refractivity contribution in [3.63, 3.8) is 0 Å². The van der Waals surface area contributed by atoms with Crippen molar-refractivity contribution in [3.8, 4) is 0 Å². The molecule has 0 radical (unpaired) electrons. The molecule has 0 aliphatic heterocycles. The lowest BCUT2D eigenvalue weighted by atomic mass is 10.0. The van der Waals surface area contributed by atoms with Crippen LogP contribution < -0.4 is 0 Å². The molecule has 0 saturated carbocycles. The van der Waals surface area contributed by atoms with E-state index in [1.807, 2.05) is 0 Å². The van der Waals surface area contributed by atoms with Gasteiger partial charge in [0.25, 0.3) is 0 Å². The van der Waals surface area contributed by atoms with Crippen molar-refractivity contribution in [2.75, 3.05) is 39.6 Å². The number of hydrogen-bond donors (Lipinski definition) is 3. The standard InChI is InChI=1S/C80H156O17P2/c1-7-9-11-13-15-17-19-21-23-25-27-29-31-33-35-37-46-52-58-64-79(84)96-75(68-90-77(82)62-56-50-44-36-34-32-30-28-26-24-22-20-18-16-14-12-10-8-2)70-94-98(86,87)92-66-74(81)67-93-99(88,89)95-71-76(97-80(85)65-59-53-47-41-39-43-49-55-61-73(5)6)69-91-78(83)63-57-51-45-40-38-42-48-54-60-72(3)4/h72-76,81H,7-71H2,1-6H3,(H,86,87)(H,88,89)/t74-,75-,76-/m1/s1. The van der Waals surface area contributed by atoms with Crippen LogP contribution in [0.1, 0.15) is 420 Å². The molecule has 0 spiro atoms. The van der Waals surface area contributed by atoms with Crippen LogP contribution in [0.25, 0.3) is 0 Å². The van der Waals surface area contributed by atoms with Gasteiger partial charge in [-0.05, 0) is 37.5 Å². The highest BCUT2D eigenvalue weighted by molar-refractivity contribution is 7.47. The Labute approximate surface area is 607 Å². The van der Waals surface area contributed by atoms with Crippen LogP contribution in [0, 0.1) is 11.8 Å². The maximum absolute atomic E-state index is 13.1. The Morgan fingerprint density at radius 2 is 0.465 bits per heavy atom. The number of aliphatic hydroxyl groups is 1. The van der Waals surface area contributed by atoms with Crippen LogP contribution >= 0.6 is 15.6 Å². The number of phosphoric ester groups is 2. The van der Waals surface area contributed by atoms with Crippen LogP contribution in [0.4, 0.5) is 0 Å². The molecule has 3 N–H and O–H groups in total. The zero-order chi connectivity index (χ0) is 72.8. The molecule has 99 heavy (non-hydrogen) atoms. The van der Waals surface area contributed by atoms with E-state index < -0.39 is 97.5 Å². The fraction of sp³-hybridized carbons (Fsp3) is 0.950. The second-order valence-corrected chi connectivity index (χ2v) is 32.7. The van der Waals surface area contributed by atoms with Crippen molar-refractivity contribution in [2.24, 2.45) is 11.8 Å². The highest BCUT2D eigenvalue weighted by Gasteiger charge is 2.30. The summed E-state index contributed by atoms with van der Waals surface area (Å²) in [5, 5.41) is 10.6. The lowest BCUT2D eigenvalue weighted by Gasteiger charge is -2.21.